The molecule has 0 aliphatic carbocycles. The summed E-state index contributed by atoms with van der Waals surface area (Å²) in [6, 6.07) is 14.9. The highest BCUT2D eigenvalue weighted by molar-refractivity contribution is 5.94. The van der Waals surface area contributed by atoms with Crippen molar-refractivity contribution in [3.05, 3.63) is 71.5 Å². The molecule has 3 N–H and O–H groups in total. The van der Waals surface area contributed by atoms with Crippen LogP contribution in [0.4, 0.5) is 9.18 Å². The van der Waals surface area contributed by atoms with Gasteiger partial charge < -0.3 is 10.5 Å². The number of primary amides is 1. The van der Waals surface area contributed by atoms with Crippen molar-refractivity contribution < 1.29 is 18.7 Å². The lowest BCUT2D eigenvalue weighted by molar-refractivity contribution is -0.127. The molecule has 1 saturated heterocycles. The van der Waals surface area contributed by atoms with Crippen LogP contribution >= 0.6 is 0 Å². The molecule has 26 heavy (non-hydrogen) atoms. The Kier molecular flexibility index (Phi) is 5.60. The van der Waals surface area contributed by atoms with Crippen LogP contribution in [0.5, 0.6) is 0 Å². The van der Waals surface area contributed by atoms with Crippen molar-refractivity contribution in [2.45, 2.75) is 12.2 Å². The summed E-state index contributed by atoms with van der Waals surface area (Å²) in [4.78, 5) is 24.7. The number of hydrogen-bond acceptors (Lipinski definition) is 4. The second kappa shape index (κ2) is 8.07. The first kappa shape index (κ1) is 18.0. The van der Waals surface area contributed by atoms with Crippen LogP contribution in [-0.2, 0) is 9.53 Å². The molecule has 0 unspecified atom stereocenters. The van der Waals surface area contributed by atoms with E-state index < -0.39 is 11.9 Å². The van der Waals surface area contributed by atoms with Gasteiger partial charge in [0.25, 0.3) is 0 Å². The lowest BCUT2D eigenvalue weighted by Gasteiger charge is -2.38. The number of urea groups is 1. The normalized spacial score (nSPS) is 20.5. The summed E-state index contributed by atoms with van der Waals surface area (Å²) >= 11 is 0. The van der Waals surface area contributed by atoms with Crippen molar-refractivity contribution in [1.29, 1.82) is 0 Å². The van der Waals surface area contributed by atoms with E-state index in [2.05, 4.69) is 5.32 Å². The third-order valence-corrected chi connectivity index (χ3v) is 4.22. The lowest BCUT2D eigenvalue weighted by atomic mass is 10.0. The number of nitrogens with zero attached hydrogens (tertiary/aromatic N) is 1. The molecule has 3 amide bonds. The molecule has 2 aromatic carbocycles. The minimum atomic E-state index is -0.877. The highest BCUT2D eigenvalue weighted by Crippen LogP contribution is 2.32. The molecule has 2 aromatic rings. The fourth-order valence-corrected chi connectivity index (χ4v) is 3.05. The highest BCUT2D eigenvalue weighted by Gasteiger charge is 2.30. The standard InChI is InChI=1S/C19H20FN3O3/c20-15-8-6-14(7-9-15)17-11-23(12-18(24)22-19(21)25)10-16(26-17)13-4-2-1-3-5-13/h1-9,16-17H,10-12H2,(H3,21,22,24,25)/t16-,17+/m0/s1. The van der Waals surface area contributed by atoms with Gasteiger partial charge in [-0.15, -0.1) is 0 Å². The van der Waals surface area contributed by atoms with Crippen LogP contribution in [0.15, 0.2) is 54.6 Å². The first-order chi connectivity index (χ1) is 12.5. The van der Waals surface area contributed by atoms with Crippen LogP contribution < -0.4 is 11.1 Å². The first-order valence-corrected chi connectivity index (χ1v) is 8.29. The molecule has 7 heteroatoms. The van der Waals surface area contributed by atoms with E-state index in [0.29, 0.717) is 13.1 Å². The Morgan fingerprint density at radius 3 is 2.19 bits per heavy atom. The fraction of sp³-hybridized carbons (Fsp3) is 0.263. The second-order valence-corrected chi connectivity index (χ2v) is 6.18. The molecular formula is C19H20FN3O3. The summed E-state index contributed by atoms with van der Waals surface area (Å²) in [7, 11) is 0. The maximum absolute atomic E-state index is 13.2. The molecule has 136 valence electrons. The van der Waals surface area contributed by atoms with Crippen molar-refractivity contribution in [2.75, 3.05) is 19.6 Å². The average Bonchev–Trinajstić information content (AvgIpc) is 2.62. The molecule has 6 nitrogen and oxygen atoms in total. The van der Waals surface area contributed by atoms with Crippen molar-refractivity contribution in [3.8, 4) is 0 Å². The minimum Gasteiger partial charge on any atom is -0.363 e. The quantitative estimate of drug-likeness (QED) is 0.878. The SMILES string of the molecule is NC(=O)NC(=O)CN1C[C@@H](c2ccccc2)O[C@@H](c2ccc(F)cc2)C1. The Labute approximate surface area is 150 Å². The zero-order valence-electron chi connectivity index (χ0n) is 14.1. The molecule has 2 atom stereocenters. The Morgan fingerprint density at radius 1 is 1.04 bits per heavy atom. The molecule has 1 fully saturated rings. The number of rotatable bonds is 4. The molecule has 0 spiro atoms. The van der Waals surface area contributed by atoms with Crippen LogP contribution in [0, 0.1) is 5.82 Å². The number of nitrogens with one attached hydrogen (secondary N) is 1. The first-order valence-electron chi connectivity index (χ1n) is 8.29. The summed E-state index contributed by atoms with van der Waals surface area (Å²) in [5.41, 5.74) is 6.81. The van der Waals surface area contributed by atoms with E-state index in [4.69, 9.17) is 10.5 Å². The Hall–Kier alpha value is -2.77. The van der Waals surface area contributed by atoms with Gasteiger partial charge in [-0.3, -0.25) is 15.0 Å². The maximum atomic E-state index is 13.2. The third kappa shape index (κ3) is 4.65. The van der Waals surface area contributed by atoms with Crippen LogP contribution in [0.3, 0.4) is 0 Å². The second-order valence-electron chi connectivity index (χ2n) is 6.18. The largest absolute Gasteiger partial charge is 0.363 e. The van der Waals surface area contributed by atoms with E-state index in [9.17, 15) is 14.0 Å². The zero-order valence-corrected chi connectivity index (χ0v) is 14.1. The maximum Gasteiger partial charge on any atom is 0.318 e. The van der Waals surface area contributed by atoms with Gasteiger partial charge in [0, 0.05) is 13.1 Å². The Morgan fingerprint density at radius 2 is 1.62 bits per heavy atom. The molecule has 0 radical (unpaired) electrons. The summed E-state index contributed by atoms with van der Waals surface area (Å²) < 4.78 is 19.4. The summed E-state index contributed by atoms with van der Waals surface area (Å²) in [6.45, 7) is 0.961. The van der Waals surface area contributed by atoms with Gasteiger partial charge in [-0.1, -0.05) is 42.5 Å². The molecular weight excluding hydrogens is 337 g/mol. The van der Waals surface area contributed by atoms with Crippen LogP contribution in [0.1, 0.15) is 23.3 Å². The predicted molar refractivity (Wildman–Crippen MR) is 93.6 cm³/mol. The molecule has 0 aromatic heterocycles. The number of benzene rings is 2. The van der Waals surface area contributed by atoms with Crippen molar-refractivity contribution in [2.24, 2.45) is 5.73 Å². The molecule has 3 rings (SSSR count). The van der Waals surface area contributed by atoms with E-state index in [0.717, 1.165) is 11.1 Å². The smallest absolute Gasteiger partial charge is 0.318 e. The Balaban J connectivity index is 1.79. The van der Waals surface area contributed by atoms with Crippen LogP contribution in [0.25, 0.3) is 0 Å². The summed E-state index contributed by atoms with van der Waals surface area (Å²) in [5, 5.41) is 2.07. The highest BCUT2D eigenvalue weighted by atomic mass is 19.1. The predicted octanol–water partition coefficient (Wildman–Crippen LogP) is 2.14. The topological polar surface area (TPSA) is 84.7 Å². The molecule has 1 aliphatic heterocycles. The number of imide groups is 1. The number of nitrogens with two attached hydrogens (primary N) is 1. The zero-order chi connectivity index (χ0) is 18.5. The van der Waals surface area contributed by atoms with Gasteiger partial charge in [-0.05, 0) is 23.3 Å². The number of carbonyl (C=O) groups is 2. The number of morpholine rings is 1. The number of carbonyl (C=O) groups excluding carboxylic acids is 2. The number of halogens is 1. The number of amides is 3. The van der Waals surface area contributed by atoms with Crippen LogP contribution in [0.2, 0.25) is 0 Å². The van der Waals surface area contributed by atoms with Crippen LogP contribution in [-0.4, -0.2) is 36.5 Å². The van der Waals surface area contributed by atoms with E-state index >= 15 is 0 Å². The van der Waals surface area contributed by atoms with E-state index in [-0.39, 0.29) is 24.6 Å². The lowest BCUT2D eigenvalue weighted by Crippen LogP contribution is -2.47. The van der Waals surface area contributed by atoms with E-state index in [1.807, 2.05) is 35.2 Å². The monoisotopic (exact) mass is 357 g/mol. The summed E-state index contributed by atoms with van der Waals surface area (Å²) in [5.74, 6) is -0.786. The van der Waals surface area contributed by atoms with Gasteiger partial charge in [0.2, 0.25) is 5.91 Å². The van der Waals surface area contributed by atoms with Crippen molar-refractivity contribution >= 4 is 11.9 Å². The molecule has 1 heterocycles. The third-order valence-electron chi connectivity index (χ3n) is 4.22. The summed E-state index contributed by atoms with van der Waals surface area (Å²) in [6.07, 6.45) is -0.572. The van der Waals surface area contributed by atoms with Gasteiger partial charge in [-0.2, -0.15) is 0 Å². The molecule has 0 bridgehead atoms. The fourth-order valence-electron chi connectivity index (χ4n) is 3.05. The molecule has 0 saturated carbocycles. The van der Waals surface area contributed by atoms with Crippen molar-refractivity contribution in [1.82, 2.24) is 10.2 Å². The number of hydrogen-bond donors (Lipinski definition) is 2. The van der Waals surface area contributed by atoms with Gasteiger partial charge >= 0.3 is 6.03 Å². The Bertz CT molecular complexity index is 767. The minimum absolute atomic E-state index is 0.0212. The number of ether oxygens (including phenoxy) is 1. The van der Waals surface area contributed by atoms with E-state index in [1.54, 1.807) is 12.1 Å². The van der Waals surface area contributed by atoms with E-state index in [1.165, 1.54) is 12.1 Å². The van der Waals surface area contributed by atoms with Gasteiger partial charge in [0.05, 0.1) is 18.8 Å². The molecule has 1 aliphatic rings. The van der Waals surface area contributed by atoms with Gasteiger partial charge in [-0.25, -0.2) is 9.18 Å². The van der Waals surface area contributed by atoms with Gasteiger partial charge in [0.1, 0.15) is 5.82 Å². The average molecular weight is 357 g/mol. The van der Waals surface area contributed by atoms with Gasteiger partial charge in [0.15, 0.2) is 0 Å². The van der Waals surface area contributed by atoms with Crippen molar-refractivity contribution in [3.63, 3.8) is 0 Å².